The van der Waals surface area contributed by atoms with Crippen molar-refractivity contribution < 1.29 is 9.13 Å². The summed E-state index contributed by atoms with van der Waals surface area (Å²) in [6.07, 6.45) is 1.36. The van der Waals surface area contributed by atoms with Crippen LogP contribution in [0.25, 0.3) is 0 Å². The van der Waals surface area contributed by atoms with Crippen molar-refractivity contribution in [2.75, 3.05) is 36.6 Å². The van der Waals surface area contributed by atoms with E-state index in [2.05, 4.69) is 20.6 Å². The standard InChI is InChI=1S/C13H16FN5O/c1-20-7-6-16-12-11(15)13(18-8-17-12)19-10-5-3-2-4-9(10)14/h2-5,8H,6-7,15H2,1H3,(H2,16,17,18,19). The summed E-state index contributed by atoms with van der Waals surface area (Å²) >= 11 is 0. The van der Waals surface area contributed by atoms with Crippen LogP contribution < -0.4 is 16.4 Å². The lowest BCUT2D eigenvalue weighted by Crippen LogP contribution is -2.12. The number of methoxy groups -OCH3 is 1. The zero-order valence-electron chi connectivity index (χ0n) is 11.1. The minimum atomic E-state index is -0.376. The largest absolute Gasteiger partial charge is 0.393 e. The molecule has 0 spiro atoms. The molecule has 0 aliphatic carbocycles. The summed E-state index contributed by atoms with van der Waals surface area (Å²) in [6, 6.07) is 6.30. The van der Waals surface area contributed by atoms with Crippen LogP contribution in [0, 0.1) is 5.82 Å². The number of hydrogen-bond donors (Lipinski definition) is 3. The first kappa shape index (κ1) is 14.0. The summed E-state index contributed by atoms with van der Waals surface area (Å²) in [4.78, 5) is 8.06. The number of rotatable bonds is 6. The normalized spacial score (nSPS) is 10.3. The fourth-order valence-corrected chi connectivity index (χ4v) is 1.60. The Morgan fingerprint density at radius 3 is 2.75 bits per heavy atom. The Bertz CT molecular complexity index is 578. The number of nitrogens with two attached hydrogens (primary N) is 1. The summed E-state index contributed by atoms with van der Waals surface area (Å²) in [5.41, 5.74) is 6.58. The number of anilines is 4. The number of halogens is 1. The van der Waals surface area contributed by atoms with Gasteiger partial charge in [0, 0.05) is 13.7 Å². The number of aromatic nitrogens is 2. The van der Waals surface area contributed by atoms with Gasteiger partial charge in [-0.05, 0) is 12.1 Å². The third kappa shape index (κ3) is 3.33. The van der Waals surface area contributed by atoms with Gasteiger partial charge in [-0.25, -0.2) is 14.4 Å². The van der Waals surface area contributed by atoms with Gasteiger partial charge in [0.2, 0.25) is 0 Å². The maximum Gasteiger partial charge on any atom is 0.159 e. The lowest BCUT2D eigenvalue weighted by atomic mass is 10.3. The summed E-state index contributed by atoms with van der Waals surface area (Å²) in [5.74, 6) is 0.459. The molecule has 1 aromatic heterocycles. The summed E-state index contributed by atoms with van der Waals surface area (Å²) < 4.78 is 18.5. The SMILES string of the molecule is COCCNc1ncnc(Nc2ccccc2F)c1N. The van der Waals surface area contributed by atoms with E-state index >= 15 is 0 Å². The highest BCUT2D eigenvalue weighted by Gasteiger charge is 2.09. The van der Waals surface area contributed by atoms with Crippen LogP contribution in [0.5, 0.6) is 0 Å². The highest BCUT2D eigenvalue weighted by atomic mass is 19.1. The number of nitrogens with zero attached hydrogens (tertiary/aromatic N) is 2. The van der Waals surface area contributed by atoms with E-state index in [0.29, 0.717) is 36.2 Å². The molecular formula is C13H16FN5O. The van der Waals surface area contributed by atoms with E-state index in [0.717, 1.165) is 0 Å². The molecule has 20 heavy (non-hydrogen) atoms. The fraction of sp³-hybridized carbons (Fsp3) is 0.231. The van der Waals surface area contributed by atoms with Crippen LogP contribution in [0.3, 0.4) is 0 Å². The minimum absolute atomic E-state index is 0.306. The van der Waals surface area contributed by atoms with E-state index < -0.39 is 0 Å². The zero-order valence-corrected chi connectivity index (χ0v) is 11.1. The molecule has 1 heterocycles. The van der Waals surface area contributed by atoms with E-state index in [4.69, 9.17) is 10.5 Å². The molecule has 0 amide bonds. The highest BCUT2D eigenvalue weighted by molar-refractivity contribution is 5.77. The van der Waals surface area contributed by atoms with Crippen LogP contribution in [0.1, 0.15) is 0 Å². The van der Waals surface area contributed by atoms with Crippen molar-refractivity contribution in [3.05, 3.63) is 36.4 Å². The molecule has 0 saturated heterocycles. The molecular weight excluding hydrogens is 261 g/mol. The molecule has 4 N–H and O–H groups in total. The second kappa shape index (κ2) is 6.67. The van der Waals surface area contributed by atoms with Crippen molar-refractivity contribution in [2.45, 2.75) is 0 Å². The van der Waals surface area contributed by atoms with Gasteiger partial charge in [-0.2, -0.15) is 0 Å². The van der Waals surface area contributed by atoms with Gasteiger partial charge in [0.1, 0.15) is 17.8 Å². The Morgan fingerprint density at radius 2 is 2.00 bits per heavy atom. The van der Waals surface area contributed by atoms with E-state index in [-0.39, 0.29) is 5.82 Å². The van der Waals surface area contributed by atoms with Gasteiger partial charge in [-0.1, -0.05) is 12.1 Å². The Hall–Kier alpha value is -2.41. The molecule has 0 aliphatic rings. The van der Waals surface area contributed by atoms with Crippen LogP contribution in [-0.4, -0.2) is 30.2 Å². The first-order chi connectivity index (χ1) is 9.72. The van der Waals surface area contributed by atoms with Gasteiger partial charge in [-0.15, -0.1) is 0 Å². The molecule has 0 atom stereocenters. The highest BCUT2D eigenvalue weighted by Crippen LogP contribution is 2.26. The second-order valence-corrected chi connectivity index (χ2v) is 4.01. The van der Waals surface area contributed by atoms with Gasteiger partial charge >= 0.3 is 0 Å². The Morgan fingerprint density at radius 1 is 1.25 bits per heavy atom. The van der Waals surface area contributed by atoms with Gasteiger partial charge in [0.25, 0.3) is 0 Å². The molecule has 0 aliphatic heterocycles. The molecule has 1 aromatic carbocycles. The number of ether oxygens (including phenoxy) is 1. The van der Waals surface area contributed by atoms with Crippen molar-refractivity contribution in [2.24, 2.45) is 0 Å². The van der Waals surface area contributed by atoms with Crippen LogP contribution >= 0.6 is 0 Å². The van der Waals surface area contributed by atoms with Crippen LogP contribution in [0.2, 0.25) is 0 Å². The third-order valence-corrected chi connectivity index (χ3v) is 2.61. The third-order valence-electron chi connectivity index (χ3n) is 2.61. The summed E-state index contributed by atoms with van der Waals surface area (Å²) in [7, 11) is 1.61. The smallest absolute Gasteiger partial charge is 0.159 e. The van der Waals surface area contributed by atoms with Crippen molar-refractivity contribution in [3.63, 3.8) is 0 Å². The Labute approximate surface area is 116 Å². The maximum atomic E-state index is 13.6. The average molecular weight is 277 g/mol. The molecule has 2 rings (SSSR count). The predicted molar refractivity (Wildman–Crippen MR) is 76.5 cm³/mol. The lowest BCUT2D eigenvalue weighted by Gasteiger charge is -2.12. The van der Waals surface area contributed by atoms with Crippen LogP contribution in [0.4, 0.5) is 27.4 Å². The van der Waals surface area contributed by atoms with Gasteiger partial charge < -0.3 is 21.1 Å². The minimum Gasteiger partial charge on any atom is -0.393 e. The Kier molecular flexibility index (Phi) is 4.67. The zero-order chi connectivity index (χ0) is 14.4. The number of para-hydroxylation sites is 1. The molecule has 6 nitrogen and oxygen atoms in total. The van der Waals surface area contributed by atoms with E-state index in [1.165, 1.54) is 12.4 Å². The molecule has 106 valence electrons. The molecule has 0 bridgehead atoms. The van der Waals surface area contributed by atoms with Crippen molar-refractivity contribution in [1.29, 1.82) is 0 Å². The van der Waals surface area contributed by atoms with Crippen molar-refractivity contribution >= 4 is 23.0 Å². The second-order valence-electron chi connectivity index (χ2n) is 4.01. The summed E-state index contributed by atoms with van der Waals surface area (Å²) in [5, 5.41) is 5.87. The van der Waals surface area contributed by atoms with E-state index in [9.17, 15) is 4.39 Å². The lowest BCUT2D eigenvalue weighted by molar-refractivity contribution is 0.210. The number of benzene rings is 1. The molecule has 0 radical (unpaired) electrons. The fourth-order valence-electron chi connectivity index (χ4n) is 1.60. The van der Waals surface area contributed by atoms with Gasteiger partial charge in [-0.3, -0.25) is 0 Å². The number of nitrogens with one attached hydrogen (secondary N) is 2. The molecule has 2 aromatic rings. The quantitative estimate of drug-likeness (QED) is 0.700. The van der Waals surface area contributed by atoms with Crippen molar-refractivity contribution in [1.82, 2.24) is 9.97 Å². The Balaban J connectivity index is 2.16. The number of nitrogen functional groups attached to an aromatic ring is 1. The van der Waals surface area contributed by atoms with E-state index in [1.54, 1.807) is 25.3 Å². The maximum absolute atomic E-state index is 13.6. The van der Waals surface area contributed by atoms with E-state index in [1.807, 2.05) is 0 Å². The molecule has 0 fully saturated rings. The predicted octanol–water partition coefficient (Wildman–Crippen LogP) is 2.00. The molecule has 0 unspecified atom stereocenters. The van der Waals surface area contributed by atoms with Gasteiger partial charge in [0.15, 0.2) is 11.6 Å². The average Bonchev–Trinajstić information content (AvgIpc) is 2.45. The monoisotopic (exact) mass is 277 g/mol. The van der Waals surface area contributed by atoms with Crippen molar-refractivity contribution in [3.8, 4) is 0 Å². The van der Waals surface area contributed by atoms with Crippen LogP contribution in [-0.2, 0) is 4.74 Å². The number of hydrogen-bond acceptors (Lipinski definition) is 6. The topological polar surface area (TPSA) is 85.1 Å². The molecule has 0 saturated carbocycles. The first-order valence-electron chi connectivity index (χ1n) is 6.07. The van der Waals surface area contributed by atoms with Gasteiger partial charge in [0.05, 0.1) is 12.3 Å². The molecule has 7 heteroatoms. The first-order valence-corrected chi connectivity index (χ1v) is 6.07. The summed E-state index contributed by atoms with van der Waals surface area (Å²) in [6.45, 7) is 1.09. The van der Waals surface area contributed by atoms with Crippen LogP contribution in [0.15, 0.2) is 30.6 Å².